The number of fused-ring (bicyclic) bond motifs is 1. The summed E-state index contributed by atoms with van der Waals surface area (Å²) in [6.45, 7) is 1.36. The van der Waals surface area contributed by atoms with E-state index in [4.69, 9.17) is 9.52 Å². The van der Waals surface area contributed by atoms with Gasteiger partial charge in [0.2, 0.25) is 15.8 Å². The minimum absolute atomic E-state index is 0.0619. The van der Waals surface area contributed by atoms with Crippen molar-refractivity contribution in [3.8, 4) is 0 Å². The summed E-state index contributed by atoms with van der Waals surface area (Å²) in [4.78, 5) is 13.1. The van der Waals surface area contributed by atoms with Crippen LogP contribution in [0.25, 0.3) is 11.0 Å². The van der Waals surface area contributed by atoms with Gasteiger partial charge in [0.15, 0.2) is 0 Å². The van der Waals surface area contributed by atoms with Gasteiger partial charge >= 0.3 is 5.97 Å². The lowest BCUT2D eigenvalue weighted by molar-refractivity contribution is 0.0665. The van der Waals surface area contributed by atoms with Crippen LogP contribution in [0.3, 0.4) is 0 Å². The Morgan fingerprint density at radius 3 is 2.48 bits per heavy atom. The zero-order valence-electron chi connectivity index (χ0n) is 15.0. The molecule has 7 nitrogen and oxygen atoms in total. The molecule has 4 rings (SSSR count). The highest BCUT2D eigenvalue weighted by molar-refractivity contribution is 9.10. The van der Waals surface area contributed by atoms with Crippen molar-refractivity contribution in [1.82, 2.24) is 4.31 Å². The molecule has 29 heavy (non-hydrogen) atoms. The van der Waals surface area contributed by atoms with Gasteiger partial charge in [-0.25, -0.2) is 17.6 Å². The Hall–Kier alpha value is -2.43. The van der Waals surface area contributed by atoms with Crippen molar-refractivity contribution in [1.29, 1.82) is 0 Å². The summed E-state index contributed by atoms with van der Waals surface area (Å²) >= 11 is 3.51. The van der Waals surface area contributed by atoms with E-state index in [0.717, 1.165) is 11.8 Å². The summed E-state index contributed by atoms with van der Waals surface area (Å²) < 4.78 is 46.3. The second kappa shape index (κ2) is 7.43. The minimum Gasteiger partial charge on any atom is -0.475 e. The van der Waals surface area contributed by atoms with Crippen LogP contribution < -0.4 is 4.90 Å². The summed E-state index contributed by atoms with van der Waals surface area (Å²) in [6.07, 6.45) is 0. The van der Waals surface area contributed by atoms with E-state index in [0.29, 0.717) is 28.5 Å². The number of hydrogen-bond donors (Lipinski definition) is 1. The molecule has 0 spiro atoms. The number of carboxylic acid groups (broad SMARTS) is 1. The van der Waals surface area contributed by atoms with Gasteiger partial charge in [0.1, 0.15) is 11.4 Å². The quantitative estimate of drug-likeness (QED) is 0.611. The SMILES string of the molecule is O=C(O)c1cc2c(Br)c(N3CCN(S(=O)(=O)c4cccc(F)c4)CC3)ccc2o1. The van der Waals surface area contributed by atoms with E-state index >= 15 is 0 Å². The molecule has 10 heteroatoms. The number of sulfonamides is 1. The zero-order chi connectivity index (χ0) is 20.8. The topological polar surface area (TPSA) is 91.1 Å². The third-order valence-electron chi connectivity index (χ3n) is 4.84. The first-order valence-electron chi connectivity index (χ1n) is 8.73. The molecule has 1 aromatic heterocycles. The fraction of sp³-hybridized carbons (Fsp3) is 0.211. The summed E-state index contributed by atoms with van der Waals surface area (Å²) in [5.41, 5.74) is 1.27. The molecule has 2 heterocycles. The van der Waals surface area contributed by atoms with Crippen molar-refractivity contribution in [2.75, 3.05) is 31.1 Å². The maximum absolute atomic E-state index is 13.4. The predicted molar refractivity (Wildman–Crippen MR) is 108 cm³/mol. The highest BCUT2D eigenvalue weighted by atomic mass is 79.9. The number of piperazine rings is 1. The first-order valence-corrected chi connectivity index (χ1v) is 11.0. The standard InChI is InChI=1S/C19H16BrFN2O5S/c20-18-14-11-17(19(24)25)28-16(14)5-4-15(18)22-6-8-23(9-7-22)29(26,27)13-3-1-2-12(21)10-13/h1-5,10-11H,6-9H2,(H,24,25). The fourth-order valence-electron chi connectivity index (χ4n) is 3.36. The van der Waals surface area contributed by atoms with E-state index in [9.17, 15) is 17.6 Å². The minimum atomic E-state index is -3.77. The van der Waals surface area contributed by atoms with Gasteiger partial charge in [-0.1, -0.05) is 6.07 Å². The number of halogens is 2. The van der Waals surface area contributed by atoms with Crippen LogP contribution in [-0.2, 0) is 10.0 Å². The largest absolute Gasteiger partial charge is 0.475 e. The van der Waals surface area contributed by atoms with Gasteiger partial charge in [-0.15, -0.1) is 0 Å². The van der Waals surface area contributed by atoms with Crippen LogP contribution >= 0.6 is 15.9 Å². The molecule has 1 saturated heterocycles. The lowest BCUT2D eigenvalue weighted by atomic mass is 10.2. The van der Waals surface area contributed by atoms with Gasteiger partial charge in [-0.05, 0) is 46.3 Å². The number of nitrogens with zero attached hydrogens (tertiary/aromatic N) is 2. The summed E-state index contributed by atoms with van der Waals surface area (Å²) in [5, 5.41) is 9.74. The fourth-order valence-corrected chi connectivity index (χ4v) is 5.51. The number of carboxylic acids is 1. The molecule has 152 valence electrons. The number of hydrogen-bond acceptors (Lipinski definition) is 5. The van der Waals surface area contributed by atoms with Crippen LogP contribution in [0, 0.1) is 5.82 Å². The molecule has 2 aromatic carbocycles. The predicted octanol–water partition coefficient (Wildman–Crippen LogP) is 3.54. The lowest BCUT2D eigenvalue weighted by Crippen LogP contribution is -2.48. The normalized spacial score (nSPS) is 15.7. The number of aromatic carboxylic acids is 1. The van der Waals surface area contributed by atoms with Crippen molar-refractivity contribution in [2.45, 2.75) is 4.90 Å². The molecule has 1 N–H and O–H groups in total. The van der Waals surface area contributed by atoms with Gasteiger partial charge in [0, 0.05) is 37.6 Å². The lowest BCUT2D eigenvalue weighted by Gasteiger charge is -2.35. The highest BCUT2D eigenvalue weighted by Crippen LogP contribution is 2.36. The zero-order valence-corrected chi connectivity index (χ0v) is 17.4. The molecule has 0 bridgehead atoms. The first kappa shape index (κ1) is 19.9. The van der Waals surface area contributed by atoms with E-state index < -0.39 is 21.8 Å². The van der Waals surface area contributed by atoms with Crippen LogP contribution in [-0.4, -0.2) is 50.0 Å². The Morgan fingerprint density at radius 1 is 1.10 bits per heavy atom. The molecular formula is C19H16BrFN2O5S. The second-order valence-corrected chi connectivity index (χ2v) is 9.31. The number of furan rings is 1. The molecule has 0 radical (unpaired) electrons. The Kier molecular flexibility index (Phi) is 5.09. The third kappa shape index (κ3) is 3.63. The van der Waals surface area contributed by atoms with E-state index in [2.05, 4.69) is 15.9 Å². The Morgan fingerprint density at radius 2 is 1.83 bits per heavy atom. The van der Waals surface area contributed by atoms with Gasteiger partial charge < -0.3 is 14.4 Å². The Bertz CT molecular complexity index is 1200. The molecule has 1 aliphatic rings. The van der Waals surface area contributed by atoms with Crippen LogP contribution in [0.1, 0.15) is 10.6 Å². The molecule has 3 aromatic rings. The molecule has 0 aliphatic carbocycles. The average molecular weight is 483 g/mol. The monoisotopic (exact) mass is 482 g/mol. The number of benzene rings is 2. The number of rotatable bonds is 4. The van der Waals surface area contributed by atoms with Gasteiger partial charge in [0.05, 0.1) is 15.1 Å². The van der Waals surface area contributed by atoms with Gasteiger partial charge in [-0.2, -0.15) is 4.31 Å². The van der Waals surface area contributed by atoms with Crippen LogP contribution in [0.4, 0.5) is 10.1 Å². The Labute approximate surface area is 174 Å². The molecule has 0 atom stereocenters. The Balaban J connectivity index is 1.55. The molecule has 1 aliphatic heterocycles. The van der Waals surface area contributed by atoms with Crippen LogP contribution in [0.15, 0.2) is 56.2 Å². The maximum atomic E-state index is 13.4. The van der Waals surface area contributed by atoms with E-state index in [1.165, 1.54) is 28.6 Å². The van der Waals surface area contributed by atoms with Gasteiger partial charge in [0.25, 0.3) is 0 Å². The molecule has 0 saturated carbocycles. The summed E-state index contributed by atoms with van der Waals surface area (Å²) in [7, 11) is -3.77. The van der Waals surface area contributed by atoms with Crippen molar-refractivity contribution in [3.05, 3.63) is 58.5 Å². The summed E-state index contributed by atoms with van der Waals surface area (Å²) in [6, 6.07) is 9.93. The molecule has 0 amide bonds. The number of anilines is 1. The first-order chi connectivity index (χ1) is 13.8. The van der Waals surface area contributed by atoms with Crippen molar-refractivity contribution < 1.29 is 27.1 Å². The van der Waals surface area contributed by atoms with E-state index in [-0.39, 0.29) is 23.7 Å². The van der Waals surface area contributed by atoms with Gasteiger partial charge in [-0.3, -0.25) is 0 Å². The molecule has 0 unspecified atom stereocenters. The van der Waals surface area contributed by atoms with Crippen molar-refractivity contribution in [2.24, 2.45) is 0 Å². The molecule has 1 fully saturated rings. The summed E-state index contributed by atoms with van der Waals surface area (Å²) in [5.74, 6) is -1.89. The number of carbonyl (C=O) groups is 1. The smallest absolute Gasteiger partial charge is 0.371 e. The van der Waals surface area contributed by atoms with Crippen molar-refractivity contribution >= 4 is 48.6 Å². The average Bonchev–Trinajstić information content (AvgIpc) is 3.14. The second-order valence-electron chi connectivity index (χ2n) is 6.57. The van der Waals surface area contributed by atoms with E-state index in [1.54, 1.807) is 12.1 Å². The highest BCUT2D eigenvalue weighted by Gasteiger charge is 2.29. The van der Waals surface area contributed by atoms with E-state index in [1.807, 2.05) is 4.90 Å². The van der Waals surface area contributed by atoms with Crippen LogP contribution in [0.5, 0.6) is 0 Å². The third-order valence-corrected chi connectivity index (χ3v) is 7.57. The van der Waals surface area contributed by atoms with Crippen LogP contribution in [0.2, 0.25) is 0 Å². The maximum Gasteiger partial charge on any atom is 0.371 e. The molecular weight excluding hydrogens is 467 g/mol. The van der Waals surface area contributed by atoms with Crippen molar-refractivity contribution in [3.63, 3.8) is 0 Å².